The molecule has 0 unspecified atom stereocenters. The number of aliphatic carboxylic acids is 1. The van der Waals surface area contributed by atoms with Gasteiger partial charge in [-0.25, -0.2) is 13.2 Å². The van der Waals surface area contributed by atoms with Crippen molar-refractivity contribution in [2.75, 3.05) is 5.32 Å². The third-order valence-corrected chi connectivity index (χ3v) is 7.47. The Bertz CT molecular complexity index is 791. The number of urea groups is 1. The van der Waals surface area contributed by atoms with E-state index < -0.39 is 20.6 Å². The number of anilines is 1. The molecule has 1 saturated carbocycles. The normalized spacial score (nSPS) is 20.7. The molecule has 1 aromatic rings. The summed E-state index contributed by atoms with van der Waals surface area (Å²) >= 11 is 0. The van der Waals surface area contributed by atoms with Gasteiger partial charge in [-0.1, -0.05) is 12.1 Å². The van der Waals surface area contributed by atoms with Crippen LogP contribution in [0.5, 0.6) is 0 Å². The Morgan fingerprint density at radius 1 is 1.15 bits per heavy atom. The number of carboxylic acids is 1. The Balaban J connectivity index is 1.92. The SMILES string of the molecule is CC(C)(C)S(=O)(=O)Cc1cccc(NC(=O)NC2CCC(C(=O)O)CC2)c1. The zero-order chi connectivity index (χ0) is 20.2. The van der Waals surface area contributed by atoms with Gasteiger partial charge in [0.15, 0.2) is 9.84 Å². The molecule has 0 aliphatic heterocycles. The van der Waals surface area contributed by atoms with Gasteiger partial charge in [0.1, 0.15) is 0 Å². The fourth-order valence-electron chi connectivity index (χ4n) is 3.01. The lowest BCUT2D eigenvalue weighted by molar-refractivity contribution is -0.142. The van der Waals surface area contributed by atoms with Crippen molar-refractivity contribution in [3.8, 4) is 0 Å². The van der Waals surface area contributed by atoms with E-state index in [1.165, 1.54) is 0 Å². The van der Waals surface area contributed by atoms with Crippen LogP contribution >= 0.6 is 0 Å². The van der Waals surface area contributed by atoms with Crippen LogP contribution in [-0.2, 0) is 20.4 Å². The van der Waals surface area contributed by atoms with E-state index in [0.29, 0.717) is 36.9 Å². The number of sulfone groups is 1. The standard InChI is InChI=1S/C19H28N2O5S/c1-19(2,3)27(25,26)12-13-5-4-6-16(11-13)21-18(24)20-15-9-7-14(8-10-15)17(22)23/h4-6,11,14-15H,7-10,12H2,1-3H3,(H,22,23)(H2,20,21,24). The van der Waals surface area contributed by atoms with Crippen LogP contribution in [0.3, 0.4) is 0 Å². The van der Waals surface area contributed by atoms with Crippen molar-refractivity contribution in [1.29, 1.82) is 0 Å². The minimum Gasteiger partial charge on any atom is -0.481 e. The van der Waals surface area contributed by atoms with Gasteiger partial charge in [-0.3, -0.25) is 4.79 Å². The van der Waals surface area contributed by atoms with E-state index >= 15 is 0 Å². The van der Waals surface area contributed by atoms with E-state index in [0.717, 1.165) is 0 Å². The van der Waals surface area contributed by atoms with E-state index in [-0.39, 0.29) is 23.7 Å². The summed E-state index contributed by atoms with van der Waals surface area (Å²) in [6.07, 6.45) is 2.38. The van der Waals surface area contributed by atoms with Gasteiger partial charge < -0.3 is 15.7 Å². The van der Waals surface area contributed by atoms with Crippen LogP contribution in [0.2, 0.25) is 0 Å². The van der Waals surface area contributed by atoms with E-state index in [1.807, 2.05) is 0 Å². The molecule has 150 valence electrons. The minimum atomic E-state index is -3.31. The number of carbonyl (C=O) groups is 2. The highest BCUT2D eigenvalue weighted by Gasteiger charge is 2.29. The molecule has 3 N–H and O–H groups in total. The number of rotatable bonds is 5. The lowest BCUT2D eigenvalue weighted by atomic mass is 9.86. The number of hydrogen-bond acceptors (Lipinski definition) is 4. The van der Waals surface area contributed by atoms with Crippen LogP contribution in [-0.4, -0.2) is 36.3 Å². The van der Waals surface area contributed by atoms with Crippen molar-refractivity contribution in [1.82, 2.24) is 5.32 Å². The molecule has 27 heavy (non-hydrogen) atoms. The molecule has 0 aromatic heterocycles. The maximum Gasteiger partial charge on any atom is 0.319 e. The largest absolute Gasteiger partial charge is 0.481 e. The maximum atomic E-state index is 12.4. The molecule has 0 spiro atoms. The number of carbonyl (C=O) groups excluding carboxylic acids is 1. The smallest absolute Gasteiger partial charge is 0.319 e. The fourth-order valence-corrected chi connectivity index (χ4v) is 4.06. The molecule has 0 bridgehead atoms. The number of amides is 2. The summed E-state index contributed by atoms with van der Waals surface area (Å²) in [5.74, 6) is -1.19. The highest BCUT2D eigenvalue weighted by Crippen LogP contribution is 2.25. The first-order valence-corrected chi connectivity index (χ1v) is 10.7. The predicted molar refractivity (Wildman–Crippen MR) is 104 cm³/mol. The number of carboxylic acid groups (broad SMARTS) is 1. The molecule has 0 saturated heterocycles. The summed E-state index contributed by atoms with van der Waals surface area (Å²) in [6.45, 7) is 4.99. The molecule has 2 amide bonds. The molecule has 0 heterocycles. The van der Waals surface area contributed by atoms with E-state index in [1.54, 1.807) is 45.0 Å². The van der Waals surface area contributed by atoms with Gasteiger partial charge in [0.05, 0.1) is 16.4 Å². The molecule has 0 atom stereocenters. The molecule has 8 heteroatoms. The van der Waals surface area contributed by atoms with Crippen molar-refractivity contribution in [3.63, 3.8) is 0 Å². The third kappa shape index (κ3) is 5.95. The molecule has 1 aromatic carbocycles. The second kappa shape index (κ2) is 8.29. The van der Waals surface area contributed by atoms with Crippen molar-refractivity contribution >= 4 is 27.5 Å². The van der Waals surface area contributed by atoms with E-state index in [9.17, 15) is 18.0 Å². The average Bonchev–Trinajstić information content (AvgIpc) is 2.54. The Morgan fingerprint density at radius 3 is 2.33 bits per heavy atom. The van der Waals surface area contributed by atoms with Gasteiger partial charge in [0.2, 0.25) is 0 Å². The molecular formula is C19H28N2O5S. The van der Waals surface area contributed by atoms with Gasteiger partial charge in [0.25, 0.3) is 0 Å². The molecule has 1 fully saturated rings. The van der Waals surface area contributed by atoms with Crippen LogP contribution in [0.15, 0.2) is 24.3 Å². The van der Waals surface area contributed by atoms with Gasteiger partial charge in [-0.15, -0.1) is 0 Å². The summed E-state index contributed by atoms with van der Waals surface area (Å²) in [5.41, 5.74) is 1.14. The second-order valence-electron chi connectivity index (χ2n) is 8.06. The predicted octanol–water partition coefficient (Wildman–Crippen LogP) is 3.16. The number of benzene rings is 1. The Morgan fingerprint density at radius 2 is 1.78 bits per heavy atom. The first kappa shape index (κ1) is 21.2. The summed E-state index contributed by atoms with van der Waals surface area (Å²) in [7, 11) is -3.31. The zero-order valence-corrected chi connectivity index (χ0v) is 16.8. The summed E-state index contributed by atoms with van der Waals surface area (Å²) < 4.78 is 23.9. The zero-order valence-electron chi connectivity index (χ0n) is 16.0. The molecule has 1 aliphatic rings. The lowest BCUT2D eigenvalue weighted by Crippen LogP contribution is -2.41. The van der Waals surface area contributed by atoms with Crippen molar-refractivity contribution in [2.45, 2.75) is 63.0 Å². The highest BCUT2D eigenvalue weighted by atomic mass is 32.2. The average molecular weight is 397 g/mol. The number of nitrogens with one attached hydrogen (secondary N) is 2. The summed E-state index contributed by atoms with van der Waals surface area (Å²) in [5, 5.41) is 14.6. The van der Waals surface area contributed by atoms with E-state index in [2.05, 4.69) is 10.6 Å². The van der Waals surface area contributed by atoms with Crippen molar-refractivity contribution in [3.05, 3.63) is 29.8 Å². The summed E-state index contributed by atoms with van der Waals surface area (Å²) in [4.78, 5) is 23.2. The quantitative estimate of drug-likeness (QED) is 0.708. The number of hydrogen-bond donors (Lipinski definition) is 3. The van der Waals surface area contributed by atoms with Crippen LogP contribution in [0.1, 0.15) is 52.0 Å². The topological polar surface area (TPSA) is 113 Å². The van der Waals surface area contributed by atoms with Crippen molar-refractivity contribution < 1.29 is 23.1 Å². The van der Waals surface area contributed by atoms with Crippen LogP contribution < -0.4 is 10.6 Å². The summed E-state index contributed by atoms with van der Waals surface area (Å²) in [6, 6.07) is 6.37. The van der Waals surface area contributed by atoms with Gasteiger partial charge in [0, 0.05) is 11.7 Å². The molecule has 2 rings (SSSR count). The molecule has 1 aliphatic carbocycles. The van der Waals surface area contributed by atoms with Crippen LogP contribution in [0, 0.1) is 5.92 Å². The fraction of sp³-hybridized carbons (Fsp3) is 0.579. The minimum absolute atomic E-state index is 0.0509. The van der Waals surface area contributed by atoms with Crippen LogP contribution in [0.4, 0.5) is 10.5 Å². The molecular weight excluding hydrogens is 368 g/mol. The Kier molecular flexibility index (Phi) is 6.51. The second-order valence-corrected chi connectivity index (χ2v) is 10.8. The molecule has 0 radical (unpaired) electrons. The van der Waals surface area contributed by atoms with Gasteiger partial charge in [-0.05, 0) is 64.2 Å². The lowest BCUT2D eigenvalue weighted by Gasteiger charge is -2.26. The first-order valence-electron chi connectivity index (χ1n) is 9.09. The monoisotopic (exact) mass is 396 g/mol. The molecule has 7 nitrogen and oxygen atoms in total. The van der Waals surface area contributed by atoms with Gasteiger partial charge >= 0.3 is 12.0 Å². The van der Waals surface area contributed by atoms with E-state index in [4.69, 9.17) is 5.11 Å². The van der Waals surface area contributed by atoms with Crippen LogP contribution in [0.25, 0.3) is 0 Å². The third-order valence-electron chi connectivity index (χ3n) is 4.89. The van der Waals surface area contributed by atoms with Crippen molar-refractivity contribution in [2.24, 2.45) is 5.92 Å². The maximum absolute atomic E-state index is 12.4. The first-order chi connectivity index (χ1) is 12.5. The van der Waals surface area contributed by atoms with Gasteiger partial charge in [-0.2, -0.15) is 0 Å². The Labute approximate surface area is 160 Å². The highest BCUT2D eigenvalue weighted by molar-refractivity contribution is 7.91. The Hall–Kier alpha value is -2.09.